The van der Waals surface area contributed by atoms with Crippen molar-refractivity contribution in [1.29, 1.82) is 0 Å². The first-order valence-corrected chi connectivity index (χ1v) is 9.02. The average Bonchev–Trinajstić information content (AvgIpc) is 3.09. The lowest BCUT2D eigenvalue weighted by Gasteiger charge is -2.23. The minimum atomic E-state index is -0.574. The zero-order valence-corrected chi connectivity index (χ0v) is 15.4. The van der Waals surface area contributed by atoms with Gasteiger partial charge in [-0.3, -0.25) is 4.79 Å². The number of aromatic nitrogens is 1. The smallest absolute Gasteiger partial charge is 0.312 e. The largest absolute Gasteiger partial charge is 0.352 e. The first-order valence-electron chi connectivity index (χ1n) is 8.20. The van der Waals surface area contributed by atoms with Crippen molar-refractivity contribution in [2.75, 3.05) is 7.05 Å². The Bertz CT molecular complexity index is 903. The van der Waals surface area contributed by atoms with Crippen LogP contribution in [0.5, 0.6) is 0 Å². The molecule has 2 aromatic carbocycles. The van der Waals surface area contributed by atoms with Gasteiger partial charge in [-0.2, -0.15) is 0 Å². The van der Waals surface area contributed by atoms with Crippen molar-refractivity contribution in [2.24, 2.45) is 5.73 Å². The molecule has 0 unspecified atom stereocenters. The molecule has 134 valence electrons. The summed E-state index contributed by atoms with van der Waals surface area (Å²) in [6.07, 6.45) is 0. The highest BCUT2D eigenvalue weighted by Gasteiger charge is 2.21. The Labute approximate surface area is 155 Å². The average molecular weight is 368 g/mol. The van der Waals surface area contributed by atoms with E-state index in [1.165, 1.54) is 0 Å². The van der Waals surface area contributed by atoms with Crippen LogP contribution in [0.25, 0.3) is 10.2 Å². The molecule has 0 radical (unpaired) electrons. The third kappa shape index (κ3) is 3.83. The van der Waals surface area contributed by atoms with Gasteiger partial charge >= 0.3 is 6.03 Å². The van der Waals surface area contributed by atoms with Gasteiger partial charge in [0.2, 0.25) is 0 Å². The van der Waals surface area contributed by atoms with Crippen LogP contribution in [0.2, 0.25) is 0 Å². The number of amides is 3. The standard InChI is InChI=1S/C19H20N4O2S/c1-12(17-22-15-5-3-4-6-16(15)26-17)23(2)18(24)14-9-7-13(8-10-14)11-21-19(20)25/h3-10,12H,11H2,1-2H3,(H3,20,21,25)/t12-/m1/s1. The molecule has 0 aliphatic heterocycles. The molecule has 0 saturated carbocycles. The number of nitrogens with zero attached hydrogens (tertiary/aromatic N) is 2. The molecule has 0 aliphatic rings. The van der Waals surface area contributed by atoms with Crippen molar-refractivity contribution in [2.45, 2.75) is 19.5 Å². The van der Waals surface area contributed by atoms with Crippen LogP contribution in [-0.4, -0.2) is 28.9 Å². The van der Waals surface area contributed by atoms with Crippen LogP contribution in [0, 0.1) is 0 Å². The summed E-state index contributed by atoms with van der Waals surface area (Å²) >= 11 is 1.60. The van der Waals surface area contributed by atoms with Crippen LogP contribution in [0.15, 0.2) is 48.5 Å². The molecular weight excluding hydrogens is 348 g/mol. The van der Waals surface area contributed by atoms with Crippen LogP contribution < -0.4 is 11.1 Å². The number of urea groups is 1. The van der Waals surface area contributed by atoms with Crippen molar-refractivity contribution in [3.8, 4) is 0 Å². The fourth-order valence-electron chi connectivity index (χ4n) is 2.57. The maximum atomic E-state index is 12.8. The van der Waals surface area contributed by atoms with Gasteiger partial charge in [-0.25, -0.2) is 9.78 Å². The second-order valence-electron chi connectivity index (χ2n) is 6.03. The third-order valence-electron chi connectivity index (χ3n) is 4.24. The van der Waals surface area contributed by atoms with E-state index in [1.54, 1.807) is 47.5 Å². The summed E-state index contributed by atoms with van der Waals surface area (Å²) in [7, 11) is 1.78. The van der Waals surface area contributed by atoms with Gasteiger partial charge in [0.25, 0.3) is 5.91 Å². The van der Waals surface area contributed by atoms with E-state index in [4.69, 9.17) is 5.73 Å². The van der Waals surface area contributed by atoms with Gasteiger partial charge in [-0.15, -0.1) is 11.3 Å². The van der Waals surface area contributed by atoms with E-state index < -0.39 is 6.03 Å². The monoisotopic (exact) mass is 368 g/mol. The Morgan fingerprint density at radius 1 is 1.19 bits per heavy atom. The topological polar surface area (TPSA) is 88.3 Å². The zero-order valence-electron chi connectivity index (χ0n) is 14.6. The maximum Gasteiger partial charge on any atom is 0.312 e. The molecule has 0 fully saturated rings. The van der Waals surface area contributed by atoms with Crippen molar-refractivity contribution in [3.63, 3.8) is 0 Å². The fraction of sp³-hybridized carbons (Fsp3) is 0.211. The van der Waals surface area contributed by atoms with Crippen molar-refractivity contribution in [1.82, 2.24) is 15.2 Å². The number of carbonyl (C=O) groups is 2. The van der Waals surface area contributed by atoms with Crippen LogP contribution in [0.4, 0.5) is 4.79 Å². The molecule has 0 saturated heterocycles. The van der Waals surface area contributed by atoms with Gasteiger partial charge < -0.3 is 16.0 Å². The summed E-state index contributed by atoms with van der Waals surface area (Å²) in [6.45, 7) is 2.31. The second-order valence-corrected chi connectivity index (χ2v) is 7.09. The SMILES string of the molecule is C[C@H](c1nc2ccccc2s1)N(C)C(=O)c1ccc(CNC(N)=O)cc1. The lowest BCUT2D eigenvalue weighted by molar-refractivity contribution is 0.0742. The highest BCUT2D eigenvalue weighted by Crippen LogP contribution is 2.29. The molecule has 0 bridgehead atoms. The van der Waals surface area contributed by atoms with Gasteiger partial charge in [0.05, 0.1) is 16.3 Å². The number of thiazole rings is 1. The Hall–Kier alpha value is -2.93. The summed E-state index contributed by atoms with van der Waals surface area (Å²) < 4.78 is 1.11. The molecule has 3 amide bonds. The number of benzene rings is 2. The highest BCUT2D eigenvalue weighted by atomic mass is 32.1. The first kappa shape index (κ1) is 17.9. The molecular formula is C19H20N4O2S. The van der Waals surface area contributed by atoms with Crippen molar-refractivity contribution in [3.05, 3.63) is 64.7 Å². The van der Waals surface area contributed by atoms with E-state index in [0.717, 1.165) is 20.8 Å². The van der Waals surface area contributed by atoms with E-state index >= 15 is 0 Å². The summed E-state index contributed by atoms with van der Waals surface area (Å²) in [5, 5.41) is 3.43. The number of primary amides is 1. The molecule has 1 heterocycles. The van der Waals surface area contributed by atoms with E-state index in [-0.39, 0.29) is 11.9 Å². The van der Waals surface area contributed by atoms with Gasteiger partial charge in [0.15, 0.2) is 0 Å². The second kappa shape index (κ2) is 7.53. The predicted octanol–water partition coefficient (Wildman–Crippen LogP) is 3.30. The number of para-hydroxylation sites is 1. The molecule has 1 aromatic heterocycles. The Morgan fingerprint density at radius 3 is 2.54 bits per heavy atom. The van der Waals surface area contributed by atoms with Gasteiger partial charge in [-0.1, -0.05) is 24.3 Å². The van der Waals surface area contributed by atoms with Crippen molar-refractivity contribution < 1.29 is 9.59 Å². The fourth-order valence-corrected chi connectivity index (χ4v) is 3.63. The van der Waals surface area contributed by atoms with E-state index in [0.29, 0.717) is 12.1 Å². The number of carbonyl (C=O) groups excluding carboxylic acids is 2. The number of nitrogens with one attached hydrogen (secondary N) is 1. The number of hydrogen-bond donors (Lipinski definition) is 2. The molecule has 0 spiro atoms. The van der Waals surface area contributed by atoms with E-state index in [9.17, 15) is 9.59 Å². The number of rotatable bonds is 5. The van der Waals surface area contributed by atoms with Crippen LogP contribution in [0.3, 0.4) is 0 Å². The van der Waals surface area contributed by atoms with Crippen LogP contribution in [0.1, 0.15) is 33.9 Å². The molecule has 0 aliphatic carbocycles. The normalized spacial score (nSPS) is 11.9. The van der Waals surface area contributed by atoms with Crippen LogP contribution in [-0.2, 0) is 6.54 Å². The van der Waals surface area contributed by atoms with Gasteiger partial charge in [0, 0.05) is 19.2 Å². The summed E-state index contributed by atoms with van der Waals surface area (Å²) in [5.41, 5.74) is 7.47. The molecule has 3 N–H and O–H groups in total. The quantitative estimate of drug-likeness (QED) is 0.724. The molecule has 6 nitrogen and oxygen atoms in total. The highest BCUT2D eigenvalue weighted by molar-refractivity contribution is 7.18. The lowest BCUT2D eigenvalue weighted by Crippen LogP contribution is -2.30. The summed E-state index contributed by atoms with van der Waals surface area (Å²) in [5.74, 6) is -0.0776. The molecule has 3 aromatic rings. The van der Waals surface area contributed by atoms with Crippen LogP contribution >= 0.6 is 11.3 Å². The zero-order chi connectivity index (χ0) is 18.7. The van der Waals surface area contributed by atoms with Gasteiger partial charge in [-0.05, 0) is 36.8 Å². The first-order chi connectivity index (χ1) is 12.5. The van der Waals surface area contributed by atoms with E-state index in [1.807, 2.05) is 31.2 Å². The van der Waals surface area contributed by atoms with E-state index in [2.05, 4.69) is 10.3 Å². The van der Waals surface area contributed by atoms with Gasteiger partial charge in [0.1, 0.15) is 5.01 Å². The molecule has 26 heavy (non-hydrogen) atoms. The predicted molar refractivity (Wildman–Crippen MR) is 103 cm³/mol. The maximum absolute atomic E-state index is 12.8. The number of nitrogens with two attached hydrogens (primary N) is 1. The number of fused-ring (bicyclic) bond motifs is 1. The van der Waals surface area contributed by atoms with Crippen molar-refractivity contribution >= 4 is 33.5 Å². The lowest BCUT2D eigenvalue weighted by atomic mass is 10.1. The minimum Gasteiger partial charge on any atom is -0.352 e. The Kier molecular flexibility index (Phi) is 5.18. The minimum absolute atomic E-state index is 0.0776. The molecule has 3 rings (SSSR count). The molecule has 7 heteroatoms. The number of hydrogen-bond acceptors (Lipinski definition) is 4. The third-order valence-corrected chi connectivity index (χ3v) is 5.44. The summed E-state index contributed by atoms with van der Waals surface area (Å²) in [6, 6.07) is 14.4. The Morgan fingerprint density at radius 2 is 1.88 bits per heavy atom. The Balaban J connectivity index is 1.72. The molecule has 1 atom stereocenters. The summed E-state index contributed by atoms with van der Waals surface area (Å²) in [4.78, 5) is 29.8.